The van der Waals surface area contributed by atoms with Crippen molar-refractivity contribution in [3.05, 3.63) is 54.1 Å². The lowest BCUT2D eigenvalue weighted by molar-refractivity contribution is -0.171. The molecule has 0 saturated heterocycles. The Balaban J connectivity index is 1.36. The van der Waals surface area contributed by atoms with E-state index < -0.39 is 5.60 Å². The lowest BCUT2D eigenvalue weighted by atomic mass is 9.61. The molecule has 0 aromatic heterocycles. The number of esters is 2. The molecule has 2 aromatic rings. The van der Waals surface area contributed by atoms with Gasteiger partial charge in [0.15, 0.2) is 0 Å². The molecule has 0 bridgehead atoms. The molecule has 0 spiro atoms. The molecule has 218 valence electrons. The van der Waals surface area contributed by atoms with Crippen LogP contribution in [0.5, 0.6) is 5.75 Å². The summed E-state index contributed by atoms with van der Waals surface area (Å²) in [5.41, 5.74) is 1.10. The van der Waals surface area contributed by atoms with Gasteiger partial charge in [0, 0.05) is 9.79 Å². The Morgan fingerprint density at radius 3 is 1.82 bits per heavy atom. The van der Waals surface area contributed by atoms with Crippen molar-refractivity contribution in [1.29, 1.82) is 0 Å². The van der Waals surface area contributed by atoms with E-state index in [0.29, 0.717) is 18.6 Å². The van der Waals surface area contributed by atoms with E-state index in [2.05, 4.69) is 52.0 Å². The highest BCUT2D eigenvalue weighted by Gasteiger charge is 2.47. The van der Waals surface area contributed by atoms with Gasteiger partial charge in [0.25, 0.3) is 0 Å². The first-order chi connectivity index (χ1) is 19.0. The van der Waals surface area contributed by atoms with Gasteiger partial charge in [-0.25, -0.2) is 0 Å². The fourth-order valence-corrected chi connectivity index (χ4v) is 7.46. The lowest BCUT2D eigenvalue weighted by Crippen LogP contribution is -2.45. The second-order valence-electron chi connectivity index (χ2n) is 13.1. The minimum Gasteiger partial charge on any atom is -0.459 e. The van der Waals surface area contributed by atoms with Gasteiger partial charge in [0.2, 0.25) is 0 Å². The molecular weight excluding hydrogens is 516 g/mol. The van der Waals surface area contributed by atoms with Crippen molar-refractivity contribution in [2.75, 3.05) is 0 Å². The van der Waals surface area contributed by atoms with Crippen LogP contribution in [0.4, 0.5) is 0 Å². The number of rotatable bonds is 10. The highest BCUT2D eigenvalue weighted by molar-refractivity contribution is 7.99. The predicted octanol–water partition coefficient (Wildman–Crippen LogP) is 9.39. The molecular formula is C35H48O4S. The average Bonchev–Trinajstić information content (AvgIpc) is 2.93. The summed E-state index contributed by atoms with van der Waals surface area (Å²) in [6.45, 7) is 12.9. The molecule has 2 fully saturated rings. The van der Waals surface area contributed by atoms with Crippen LogP contribution in [0.3, 0.4) is 0 Å². The van der Waals surface area contributed by atoms with Crippen molar-refractivity contribution in [3.8, 4) is 5.75 Å². The Labute approximate surface area is 246 Å². The van der Waals surface area contributed by atoms with E-state index in [-0.39, 0.29) is 41.0 Å². The van der Waals surface area contributed by atoms with E-state index in [1.54, 1.807) is 11.8 Å². The fraction of sp³-hybridized carbons (Fsp3) is 0.600. The number of fused-ring (bicyclic) bond motifs is 1. The highest BCUT2D eigenvalue weighted by atomic mass is 32.2. The van der Waals surface area contributed by atoms with Crippen LogP contribution in [0, 0.1) is 23.7 Å². The third kappa shape index (κ3) is 7.51. The summed E-state index contributed by atoms with van der Waals surface area (Å²) in [7, 11) is 0. The van der Waals surface area contributed by atoms with Gasteiger partial charge in [-0.05, 0) is 112 Å². The maximum absolute atomic E-state index is 13.4. The fourth-order valence-electron chi connectivity index (χ4n) is 6.64. The summed E-state index contributed by atoms with van der Waals surface area (Å²) in [5, 5.41) is 0. The Morgan fingerprint density at radius 2 is 1.30 bits per heavy atom. The van der Waals surface area contributed by atoms with E-state index >= 15 is 0 Å². The molecule has 4 nitrogen and oxygen atoms in total. The minimum absolute atomic E-state index is 0.0704. The third-order valence-electron chi connectivity index (χ3n) is 9.33. The zero-order valence-electron chi connectivity index (χ0n) is 25.3. The van der Waals surface area contributed by atoms with Gasteiger partial charge >= 0.3 is 11.9 Å². The standard InChI is InChI=1S/C35H48O4S/c1-7-23-35(5,6)39-33(37)31-22-21-30(28-11-9-10-12-29(28)31)32(36)38-25-15-19-27(20-16-25)40-26-17-13-24(14-18-26)34(3,4)8-2/h13-20,28-31H,7-12,21-23H2,1-6H3. The first-order valence-corrected chi connectivity index (χ1v) is 16.2. The van der Waals surface area contributed by atoms with E-state index in [0.717, 1.165) is 49.8 Å². The van der Waals surface area contributed by atoms with Crippen molar-refractivity contribution in [3.63, 3.8) is 0 Å². The molecule has 0 N–H and O–H groups in total. The first kappa shape index (κ1) is 30.7. The summed E-state index contributed by atoms with van der Waals surface area (Å²) < 4.78 is 11.9. The Hall–Kier alpha value is -2.27. The Bertz CT molecular complexity index is 1130. The Morgan fingerprint density at radius 1 is 0.775 bits per heavy atom. The van der Waals surface area contributed by atoms with Gasteiger partial charge < -0.3 is 9.47 Å². The van der Waals surface area contributed by atoms with E-state index in [9.17, 15) is 9.59 Å². The highest BCUT2D eigenvalue weighted by Crippen LogP contribution is 2.48. The van der Waals surface area contributed by atoms with E-state index in [1.165, 1.54) is 10.5 Å². The van der Waals surface area contributed by atoms with Gasteiger partial charge in [0.05, 0.1) is 11.8 Å². The molecule has 5 heteroatoms. The maximum atomic E-state index is 13.4. The summed E-state index contributed by atoms with van der Waals surface area (Å²) in [6, 6.07) is 16.6. The normalized spacial score (nSPS) is 23.2. The van der Waals surface area contributed by atoms with E-state index in [1.807, 2.05) is 38.1 Å². The van der Waals surface area contributed by atoms with Gasteiger partial charge in [-0.15, -0.1) is 0 Å². The Kier molecular flexibility index (Phi) is 10.1. The van der Waals surface area contributed by atoms with Crippen LogP contribution in [0.2, 0.25) is 0 Å². The summed E-state index contributed by atoms with van der Waals surface area (Å²) in [5.74, 6) is 0.505. The van der Waals surface area contributed by atoms with Crippen molar-refractivity contribution >= 4 is 23.7 Å². The summed E-state index contributed by atoms with van der Waals surface area (Å²) >= 11 is 1.71. The van der Waals surface area contributed by atoms with Crippen molar-refractivity contribution in [2.45, 2.75) is 120 Å². The molecule has 4 atom stereocenters. The average molecular weight is 565 g/mol. The van der Waals surface area contributed by atoms with Gasteiger partial charge in [0.1, 0.15) is 11.4 Å². The third-order valence-corrected chi connectivity index (χ3v) is 10.3. The number of hydrogen-bond donors (Lipinski definition) is 0. The largest absolute Gasteiger partial charge is 0.459 e. The molecule has 2 aliphatic rings. The van der Waals surface area contributed by atoms with Crippen LogP contribution in [-0.2, 0) is 19.7 Å². The van der Waals surface area contributed by atoms with Crippen LogP contribution >= 0.6 is 11.8 Å². The van der Waals surface area contributed by atoms with Crippen LogP contribution < -0.4 is 4.74 Å². The quantitative estimate of drug-likeness (QED) is 0.212. The van der Waals surface area contributed by atoms with Crippen LogP contribution in [-0.4, -0.2) is 17.5 Å². The topological polar surface area (TPSA) is 52.6 Å². The zero-order valence-corrected chi connectivity index (χ0v) is 26.1. The summed E-state index contributed by atoms with van der Waals surface area (Å²) in [4.78, 5) is 28.9. The van der Waals surface area contributed by atoms with Crippen LogP contribution in [0.1, 0.15) is 105 Å². The first-order valence-electron chi connectivity index (χ1n) is 15.4. The number of ether oxygens (including phenoxy) is 2. The van der Waals surface area contributed by atoms with Gasteiger partial charge in [-0.2, -0.15) is 0 Å². The van der Waals surface area contributed by atoms with Crippen molar-refractivity contribution < 1.29 is 19.1 Å². The number of benzene rings is 2. The molecule has 40 heavy (non-hydrogen) atoms. The molecule has 0 heterocycles. The van der Waals surface area contributed by atoms with Crippen molar-refractivity contribution in [1.82, 2.24) is 0 Å². The SMILES string of the molecule is CCCC(C)(C)OC(=O)C1CCC(C(=O)Oc2ccc(Sc3ccc(C(C)(C)CC)cc3)cc2)C2CCCCC12. The molecule has 2 aromatic carbocycles. The maximum Gasteiger partial charge on any atom is 0.314 e. The monoisotopic (exact) mass is 564 g/mol. The van der Waals surface area contributed by atoms with Crippen molar-refractivity contribution in [2.24, 2.45) is 23.7 Å². The van der Waals surface area contributed by atoms with Crippen LogP contribution in [0.25, 0.3) is 0 Å². The molecule has 2 aliphatic carbocycles. The molecule has 0 aliphatic heterocycles. The van der Waals surface area contributed by atoms with E-state index in [4.69, 9.17) is 9.47 Å². The second kappa shape index (κ2) is 13.1. The lowest BCUT2D eigenvalue weighted by Gasteiger charge is -2.44. The molecule has 2 saturated carbocycles. The van der Waals surface area contributed by atoms with Gasteiger partial charge in [-0.3, -0.25) is 9.59 Å². The summed E-state index contributed by atoms with van der Waals surface area (Å²) in [6.07, 6.45) is 8.53. The number of carbonyl (C=O) groups is 2. The van der Waals surface area contributed by atoms with Crippen LogP contribution in [0.15, 0.2) is 58.3 Å². The minimum atomic E-state index is -0.439. The molecule has 4 unspecified atom stereocenters. The number of carbonyl (C=O) groups excluding carboxylic acids is 2. The smallest absolute Gasteiger partial charge is 0.314 e. The van der Waals surface area contributed by atoms with Gasteiger partial charge in [-0.1, -0.05) is 70.9 Å². The molecule has 0 radical (unpaired) electrons. The molecule has 4 rings (SSSR count). The number of hydrogen-bond acceptors (Lipinski definition) is 5. The second-order valence-corrected chi connectivity index (χ2v) is 14.2. The zero-order chi connectivity index (χ0) is 28.9. The molecule has 0 amide bonds. The predicted molar refractivity (Wildman–Crippen MR) is 163 cm³/mol.